The second-order valence-electron chi connectivity index (χ2n) is 8.86. The zero-order valence-electron chi connectivity index (χ0n) is 18.3. The van der Waals surface area contributed by atoms with Gasteiger partial charge in [-0.25, -0.2) is 0 Å². The monoisotopic (exact) mass is 406 g/mol. The number of carbonyl (C=O) groups excluding carboxylic acids is 1. The number of rotatable bonds is 7. The lowest BCUT2D eigenvalue weighted by atomic mass is 9.90. The summed E-state index contributed by atoms with van der Waals surface area (Å²) in [6.45, 7) is 10.1. The lowest BCUT2D eigenvalue weighted by Crippen LogP contribution is -3.28. The molecule has 1 atom stereocenters. The summed E-state index contributed by atoms with van der Waals surface area (Å²) in [5, 5.41) is 12.4. The van der Waals surface area contributed by atoms with Crippen molar-refractivity contribution in [1.29, 1.82) is 5.26 Å². The van der Waals surface area contributed by atoms with E-state index in [0.717, 1.165) is 26.2 Å². The number of carbonyl (C=O) groups is 1. The van der Waals surface area contributed by atoms with Gasteiger partial charge in [-0.15, -0.1) is 0 Å². The van der Waals surface area contributed by atoms with Gasteiger partial charge in [-0.2, -0.15) is 5.26 Å². The summed E-state index contributed by atoms with van der Waals surface area (Å²) < 4.78 is 0. The lowest BCUT2D eigenvalue weighted by molar-refractivity contribution is -1.02. The van der Waals surface area contributed by atoms with Gasteiger partial charge in [-0.05, 0) is 12.8 Å². The molecule has 0 radical (unpaired) electrons. The average Bonchev–Trinajstić information content (AvgIpc) is 2.76. The highest BCUT2D eigenvalue weighted by Crippen LogP contribution is 2.19. The van der Waals surface area contributed by atoms with E-state index < -0.39 is 5.54 Å². The highest BCUT2D eigenvalue weighted by molar-refractivity contribution is 5.78. The first-order valence-corrected chi connectivity index (χ1v) is 10.9. The largest absolute Gasteiger partial charge is 0.333 e. The third-order valence-electron chi connectivity index (χ3n) is 6.47. The zero-order valence-corrected chi connectivity index (χ0v) is 18.3. The van der Waals surface area contributed by atoms with Gasteiger partial charge in [0.1, 0.15) is 37.8 Å². The predicted octanol–water partition coefficient (Wildman–Crippen LogP) is 0.614. The molecule has 3 N–H and O–H groups in total. The number of nitrogens with zero attached hydrogens (tertiary/aromatic N) is 1. The summed E-state index contributed by atoms with van der Waals surface area (Å²) in [7, 11) is 0. The third-order valence-corrected chi connectivity index (χ3v) is 6.47. The second kappa shape index (κ2) is 9.88. The van der Waals surface area contributed by atoms with Crippen molar-refractivity contribution < 1.29 is 14.6 Å². The van der Waals surface area contributed by atoms with Crippen LogP contribution in [0.25, 0.3) is 0 Å². The highest BCUT2D eigenvalue weighted by atomic mass is 16.2. The maximum absolute atomic E-state index is 12.6. The van der Waals surface area contributed by atoms with Gasteiger partial charge in [0.15, 0.2) is 6.54 Å². The van der Waals surface area contributed by atoms with Crippen LogP contribution in [-0.2, 0) is 4.79 Å². The fourth-order valence-electron chi connectivity index (χ4n) is 4.21. The Morgan fingerprint density at radius 3 is 1.93 bits per heavy atom. The molecule has 1 aliphatic heterocycles. The number of benzene rings is 2. The Morgan fingerprint density at radius 1 is 1.00 bits per heavy atom. The lowest BCUT2D eigenvalue weighted by Gasteiger charge is -2.35. The Balaban J connectivity index is 1.63. The van der Waals surface area contributed by atoms with Crippen LogP contribution in [0.15, 0.2) is 60.7 Å². The molecule has 0 aromatic heterocycles. The van der Waals surface area contributed by atoms with Crippen molar-refractivity contribution in [2.75, 3.05) is 32.7 Å². The molecular formula is C25H34N4O+2. The van der Waals surface area contributed by atoms with E-state index in [1.807, 2.05) is 13.8 Å². The topological polar surface area (TPSA) is 61.8 Å². The van der Waals surface area contributed by atoms with Crippen LogP contribution in [0, 0.1) is 17.2 Å². The van der Waals surface area contributed by atoms with Crippen LogP contribution >= 0.6 is 0 Å². The van der Waals surface area contributed by atoms with Gasteiger partial charge in [-0.3, -0.25) is 4.79 Å². The van der Waals surface area contributed by atoms with Gasteiger partial charge < -0.3 is 15.1 Å². The molecule has 0 bridgehead atoms. The summed E-state index contributed by atoms with van der Waals surface area (Å²) in [5.74, 6) is 0.0362. The summed E-state index contributed by atoms with van der Waals surface area (Å²) >= 11 is 0. The van der Waals surface area contributed by atoms with E-state index in [0.29, 0.717) is 12.6 Å². The van der Waals surface area contributed by atoms with Crippen molar-refractivity contribution in [3.05, 3.63) is 71.8 Å². The van der Waals surface area contributed by atoms with Crippen LogP contribution in [0.4, 0.5) is 0 Å². The number of quaternary nitrogens is 2. The Hall–Kier alpha value is -2.68. The summed E-state index contributed by atoms with van der Waals surface area (Å²) in [6, 6.07) is 24.0. The number of amides is 1. The van der Waals surface area contributed by atoms with Gasteiger partial charge in [0.25, 0.3) is 5.91 Å². The Bertz CT molecular complexity index is 814. The summed E-state index contributed by atoms with van der Waals surface area (Å²) in [5.41, 5.74) is 1.86. The van der Waals surface area contributed by atoms with Gasteiger partial charge in [0.05, 0.1) is 6.07 Å². The smallest absolute Gasteiger partial charge is 0.276 e. The Kier molecular flexibility index (Phi) is 7.25. The molecule has 5 nitrogen and oxygen atoms in total. The SMILES string of the molecule is CC(C)[C@@](C)(C#N)NC(=O)C[NH+]1CC[NH+](C(c2ccccc2)c2ccccc2)CC1. The first kappa shape index (κ1) is 22.0. The van der Waals surface area contributed by atoms with Crippen LogP contribution in [0.5, 0.6) is 0 Å². The molecule has 30 heavy (non-hydrogen) atoms. The van der Waals surface area contributed by atoms with Crippen LogP contribution in [0.2, 0.25) is 0 Å². The molecule has 2 aromatic carbocycles. The van der Waals surface area contributed by atoms with E-state index in [9.17, 15) is 10.1 Å². The molecule has 0 saturated carbocycles. The van der Waals surface area contributed by atoms with E-state index in [1.54, 1.807) is 11.8 Å². The predicted molar refractivity (Wildman–Crippen MR) is 118 cm³/mol. The van der Waals surface area contributed by atoms with Crippen molar-refractivity contribution >= 4 is 5.91 Å². The zero-order chi connectivity index (χ0) is 21.6. The molecule has 0 unspecified atom stereocenters. The highest BCUT2D eigenvalue weighted by Gasteiger charge is 2.34. The van der Waals surface area contributed by atoms with Crippen molar-refractivity contribution in [3.8, 4) is 6.07 Å². The molecule has 3 rings (SSSR count). The third kappa shape index (κ3) is 5.27. The van der Waals surface area contributed by atoms with Crippen molar-refractivity contribution in [1.82, 2.24) is 5.32 Å². The first-order chi connectivity index (χ1) is 14.4. The van der Waals surface area contributed by atoms with Gasteiger partial charge in [-0.1, -0.05) is 74.5 Å². The maximum atomic E-state index is 12.6. The number of nitriles is 1. The van der Waals surface area contributed by atoms with Gasteiger partial charge >= 0.3 is 0 Å². The maximum Gasteiger partial charge on any atom is 0.276 e. The molecule has 1 heterocycles. The molecule has 1 aliphatic rings. The Morgan fingerprint density at radius 2 is 1.50 bits per heavy atom. The van der Waals surface area contributed by atoms with Crippen LogP contribution in [0.3, 0.4) is 0 Å². The molecule has 1 fully saturated rings. The quantitative estimate of drug-likeness (QED) is 0.631. The summed E-state index contributed by atoms with van der Waals surface area (Å²) in [6.07, 6.45) is 0. The normalized spacial score (nSPS) is 21.1. The van der Waals surface area contributed by atoms with E-state index in [4.69, 9.17) is 0 Å². The molecule has 5 heteroatoms. The van der Waals surface area contributed by atoms with Crippen molar-refractivity contribution in [3.63, 3.8) is 0 Å². The standard InChI is InChI=1S/C25H32N4O/c1-20(2)25(3,19-26)27-23(30)18-28-14-16-29(17-15-28)24(21-10-6-4-7-11-21)22-12-8-5-9-13-22/h4-13,20,24H,14-18H2,1-3H3,(H,27,30)/p+2/t25-/m1/s1. The molecule has 0 aliphatic carbocycles. The second-order valence-corrected chi connectivity index (χ2v) is 8.86. The molecular weight excluding hydrogens is 372 g/mol. The fraction of sp³-hybridized carbons (Fsp3) is 0.440. The van der Waals surface area contributed by atoms with E-state index in [-0.39, 0.29) is 11.8 Å². The minimum absolute atomic E-state index is 0.0335. The van der Waals surface area contributed by atoms with Crippen molar-refractivity contribution in [2.24, 2.45) is 5.92 Å². The van der Waals surface area contributed by atoms with E-state index in [2.05, 4.69) is 72.0 Å². The Labute approximate surface area is 180 Å². The number of piperazine rings is 1. The molecule has 2 aromatic rings. The number of hydrogen-bond acceptors (Lipinski definition) is 2. The fourth-order valence-corrected chi connectivity index (χ4v) is 4.21. The van der Waals surface area contributed by atoms with Crippen LogP contribution < -0.4 is 15.1 Å². The molecule has 1 saturated heterocycles. The molecule has 0 spiro atoms. The molecule has 158 valence electrons. The average molecular weight is 407 g/mol. The van der Waals surface area contributed by atoms with E-state index >= 15 is 0 Å². The first-order valence-electron chi connectivity index (χ1n) is 10.9. The van der Waals surface area contributed by atoms with Crippen LogP contribution in [-0.4, -0.2) is 44.2 Å². The number of hydrogen-bond donors (Lipinski definition) is 3. The molecule has 1 amide bonds. The van der Waals surface area contributed by atoms with Gasteiger partial charge in [0, 0.05) is 11.1 Å². The van der Waals surface area contributed by atoms with Gasteiger partial charge in [0.2, 0.25) is 0 Å². The minimum Gasteiger partial charge on any atom is -0.333 e. The van der Waals surface area contributed by atoms with E-state index in [1.165, 1.54) is 16.0 Å². The number of nitrogens with one attached hydrogen (secondary N) is 3. The van der Waals surface area contributed by atoms with Crippen LogP contribution in [0.1, 0.15) is 37.9 Å². The summed E-state index contributed by atoms with van der Waals surface area (Å²) in [4.78, 5) is 15.4. The minimum atomic E-state index is -0.810. The van der Waals surface area contributed by atoms with Crippen molar-refractivity contribution in [2.45, 2.75) is 32.4 Å².